The SMILES string of the molecule is O=C(OCc1cc(-c2cc3ccccc3o2)on1)c1cccc2ccccc12. The highest BCUT2D eigenvalue weighted by atomic mass is 16.5. The molecule has 5 rings (SSSR count). The molecule has 0 unspecified atom stereocenters. The van der Waals surface area contributed by atoms with Crippen LogP contribution in [-0.4, -0.2) is 11.1 Å². The van der Waals surface area contributed by atoms with Crippen LogP contribution in [0.1, 0.15) is 16.1 Å². The van der Waals surface area contributed by atoms with Crippen molar-refractivity contribution in [3.05, 3.63) is 90.1 Å². The quantitative estimate of drug-likeness (QED) is 0.386. The summed E-state index contributed by atoms with van der Waals surface area (Å²) in [7, 11) is 0. The lowest BCUT2D eigenvalue weighted by molar-refractivity contribution is 0.0466. The number of esters is 1. The van der Waals surface area contributed by atoms with Gasteiger partial charge in [-0.3, -0.25) is 0 Å². The van der Waals surface area contributed by atoms with Crippen LogP contribution in [0.3, 0.4) is 0 Å². The van der Waals surface area contributed by atoms with E-state index in [4.69, 9.17) is 13.7 Å². The van der Waals surface area contributed by atoms with Gasteiger partial charge < -0.3 is 13.7 Å². The number of fused-ring (bicyclic) bond motifs is 2. The summed E-state index contributed by atoms with van der Waals surface area (Å²) in [6.07, 6.45) is 0. The Bertz CT molecular complexity index is 1260. The molecule has 0 bridgehead atoms. The van der Waals surface area contributed by atoms with Crippen LogP contribution in [-0.2, 0) is 11.3 Å². The number of carbonyl (C=O) groups is 1. The van der Waals surface area contributed by atoms with Crippen molar-refractivity contribution >= 4 is 27.7 Å². The molecule has 0 aliphatic rings. The van der Waals surface area contributed by atoms with Gasteiger partial charge in [0.05, 0.1) is 5.56 Å². The van der Waals surface area contributed by atoms with Gasteiger partial charge in [-0.25, -0.2) is 4.79 Å². The van der Waals surface area contributed by atoms with Crippen molar-refractivity contribution < 1.29 is 18.5 Å². The molecule has 28 heavy (non-hydrogen) atoms. The van der Waals surface area contributed by atoms with E-state index in [1.54, 1.807) is 12.1 Å². The smallest absolute Gasteiger partial charge is 0.339 e. The summed E-state index contributed by atoms with van der Waals surface area (Å²) >= 11 is 0. The molecule has 3 aromatic carbocycles. The molecule has 0 amide bonds. The first-order valence-corrected chi connectivity index (χ1v) is 8.87. The minimum absolute atomic E-state index is 0.0196. The molecule has 2 heterocycles. The largest absolute Gasteiger partial charge is 0.455 e. The van der Waals surface area contributed by atoms with Crippen molar-refractivity contribution in [2.24, 2.45) is 0 Å². The summed E-state index contributed by atoms with van der Waals surface area (Å²) in [4.78, 5) is 12.5. The molecular weight excluding hydrogens is 354 g/mol. The average Bonchev–Trinajstić information content (AvgIpc) is 3.38. The third kappa shape index (κ3) is 2.93. The Balaban J connectivity index is 1.34. The van der Waals surface area contributed by atoms with Gasteiger partial charge >= 0.3 is 5.97 Å². The monoisotopic (exact) mass is 369 g/mol. The zero-order valence-corrected chi connectivity index (χ0v) is 14.8. The van der Waals surface area contributed by atoms with Crippen LogP contribution in [0, 0.1) is 0 Å². The highest BCUT2D eigenvalue weighted by molar-refractivity contribution is 6.04. The Morgan fingerprint density at radius 3 is 2.54 bits per heavy atom. The molecule has 5 heteroatoms. The minimum Gasteiger partial charge on any atom is -0.455 e. The number of hydrogen-bond acceptors (Lipinski definition) is 5. The van der Waals surface area contributed by atoms with Crippen molar-refractivity contribution in [3.8, 4) is 11.5 Å². The maximum absolute atomic E-state index is 12.5. The van der Waals surface area contributed by atoms with Crippen molar-refractivity contribution in [3.63, 3.8) is 0 Å². The second kappa shape index (κ2) is 6.70. The van der Waals surface area contributed by atoms with E-state index in [2.05, 4.69) is 5.16 Å². The number of aromatic nitrogens is 1. The number of nitrogens with zero attached hydrogens (tertiary/aromatic N) is 1. The standard InChI is InChI=1S/C23H15NO4/c25-23(19-10-5-8-15-6-1-3-9-18(15)19)26-14-17-13-22(28-24-17)21-12-16-7-2-4-11-20(16)27-21/h1-13H,14H2. The van der Waals surface area contributed by atoms with Gasteiger partial charge in [0.1, 0.15) is 17.9 Å². The molecule has 136 valence electrons. The third-order valence-electron chi connectivity index (χ3n) is 4.59. The fourth-order valence-corrected chi connectivity index (χ4v) is 3.22. The topological polar surface area (TPSA) is 65.5 Å². The first kappa shape index (κ1) is 16.3. The zero-order valence-electron chi connectivity index (χ0n) is 14.8. The number of para-hydroxylation sites is 1. The summed E-state index contributed by atoms with van der Waals surface area (Å²) in [6, 6.07) is 24.6. The minimum atomic E-state index is -0.398. The second-order valence-corrected chi connectivity index (χ2v) is 6.43. The Labute approximate surface area is 160 Å². The van der Waals surface area contributed by atoms with Gasteiger partial charge in [-0.2, -0.15) is 0 Å². The number of ether oxygens (including phenoxy) is 1. The van der Waals surface area contributed by atoms with E-state index in [9.17, 15) is 4.79 Å². The zero-order chi connectivity index (χ0) is 18.9. The maximum atomic E-state index is 12.5. The molecule has 5 nitrogen and oxygen atoms in total. The van der Waals surface area contributed by atoms with Gasteiger partial charge in [-0.05, 0) is 29.0 Å². The average molecular weight is 369 g/mol. The fourth-order valence-electron chi connectivity index (χ4n) is 3.22. The summed E-state index contributed by atoms with van der Waals surface area (Å²) < 4.78 is 16.6. The lowest BCUT2D eigenvalue weighted by atomic mass is 10.1. The van der Waals surface area contributed by atoms with Crippen molar-refractivity contribution in [1.82, 2.24) is 5.16 Å². The molecule has 5 aromatic rings. The van der Waals surface area contributed by atoms with Crippen LogP contribution in [0.25, 0.3) is 33.3 Å². The molecule has 0 aliphatic heterocycles. The molecule has 2 aromatic heterocycles. The van der Waals surface area contributed by atoms with Gasteiger partial charge in [0.15, 0.2) is 5.76 Å². The normalized spacial score (nSPS) is 11.1. The molecule has 0 saturated carbocycles. The van der Waals surface area contributed by atoms with Gasteiger partial charge in [-0.15, -0.1) is 0 Å². The summed E-state index contributed by atoms with van der Waals surface area (Å²) in [5, 5.41) is 6.81. The molecule has 0 spiro atoms. The van der Waals surface area contributed by atoms with Crippen LogP contribution in [0.4, 0.5) is 0 Å². The van der Waals surface area contributed by atoms with Crippen LogP contribution in [0.2, 0.25) is 0 Å². The third-order valence-corrected chi connectivity index (χ3v) is 4.59. The summed E-state index contributed by atoms with van der Waals surface area (Å²) in [5.74, 6) is 0.679. The number of furan rings is 1. The second-order valence-electron chi connectivity index (χ2n) is 6.43. The molecule has 0 atom stereocenters. The molecule has 0 radical (unpaired) electrons. The van der Waals surface area contributed by atoms with Crippen LogP contribution in [0.15, 0.2) is 87.8 Å². The highest BCUT2D eigenvalue weighted by Crippen LogP contribution is 2.28. The number of carbonyl (C=O) groups excluding carboxylic acids is 1. The first-order chi connectivity index (χ1) is 13.8. The molecule has 0 saturated heterocycles. The van der Waals surface area contributed by atoms with Crippen LogP contribution < -0.4 is 0 Å². The van der Waals surface area contributed by atoms with Gasteiger partial charge in [0, 0.05) is 11.5 Å². The molecule has 0 fully saturated rings. The first-order valence-electron chi connectivity index (χ1n) is 8.87. The van der Waals surface area contributed by atoms with E-state index >= 15 is 0 Å². The molecular formula is C23H15NO4. The van der Waals surface area contributed by atoms with Crippen molar-refractivity contribution in [1.29, 1.82) is 0 Å². The number of rotatable bonds is 4. The predicted octanol–water partition coefficient (Wildman–Crippen LogP) is 5.60. The van der Waals surface area contributed by atoms with Crippen LogP contribution >= 0.6 is 0 Å². The van der Waals surface area contributed by atoms with Gasteiger partial charge in [0.2, 0.25) is 5.76 Å². The summed E-state index contributed by atoms with van der Waals surface area (Å²) in [5.41, 5.74) is 1.82. The summed E-state index contributed by atoms with van der Waals surface area (Å²) in [6.45, 7) is 0.0196. The Morgan fingerprint density at radius 2 is 1.64 bits per heavy atom. The molecule has 0 N–H and O–H groups in total. The lowest BCUT2D eigenvalue weighted by Gasteiger charge is -2.06. The van der Waals surface area contributed by atoms with Gasteiger partial charge in [-0.1, -0.05) is 59.8 Å². The predicted molar refractivity (Wildman–Crippen MR) is 105 cm³/mol. The van der Waals surface area contributed by atoms with Gasteiger partial charge in [0.25, 0.3) is 0 Å². The number of hydrogen-bond donors (Lipinski definition) is 0. The van der Waals surface area contributed by atoms with Crippen molar-refractivity contribution in [2.45, 2.75) is 6.61 Å². The van der Waals surface area contributed by atoms with E-state index < -0.39 is 5.97 Å². The highest BCUT2D eigenvalue weighted by Gasteiger charge is 2.15. The Kier molecular flexibility index (Phi) is 3.91. The number of benzene rings is 3. The fraction of sp³-hybridized carbons (Fsp3) is 0.0435. The van der Waals surface area contributed by atoms with E-state index in [1.807, 2.05) is 66.7 Å². The lowest BCUT2D eigenvalue weighted by Crippen LogP contribution is -2.06. The molecule has 0 aliphatic carbocycles. The Hall–Kier alpha value is -3.86. The maximum Gasteiger partial charge on any atom is 0.339 e. The van der Waals surface area contributed by atoms with E-state index in [1.165, 1.54) is 0 Å². The van der Waals surface area contributed by atoms with E-state index in [-0.39, 0.29) is 6.61 Å². The van der Waals surface area contributed by atoms with Crippen molar-refractivity contribution in [2.75, 3.05) is 0 Å². The van der Waals surface area contributed by atoms with E-state index in [0.717, 1.165) is 21.7 Å². The van der Waals surface area contributed by atoms with Crippen LogP contribution in [0.5, 0.6) is 0 Å². The Morgan fingerprint density at radius 1 is 0.857 bits per heavy atom. The van der Waals surface area contributed by atoms with E-state index in [0.29, 0.717) is 22.8 Å².